The first-order valence-electron chi connectivity index (χ1n) is 11.9. The van der Waals surface area contributed by atoms with Crippen LogP contribution < -0.4 is 14.2 Å². The minimum absolute atomic E-state index is 0.0965. The molecule has 2 unspecified atom stereocenters. The van der Waals surface area contributed by atoms with E-state index in [0.717, 1.165) is 5.56 Å². The molecule has 2 aromatic carbocycles. The highest BCUT2D eigenvalue weighted by molar-refractivity contribution is 6.10. The van der Waals surface area contributed by atoms with Crippen LogP contribution in [0.1, 0.15) is 36.9 Å². The van der Waals surface area contributed by atoms with Crippen LogP contribution in [0.4, 0.5) is 0 Å². The molecule has 1 saturated heterocycles. The summed E-state index contributed by atoms with van der Waals surface area (Å²) in [6.45, 7) is 3.24. The second kappa shape index (κ2) is 10.6. The lowest BCUT2D eigenvalue weighted by molar-refractivity contribution is -0.143. The van der Waals surface area contributed by atoms with Gasteiger partial charge in [0.2, 0.25) is 17.7 Å². The molecule has 9 nitrogen and oxygen atoms in total. The fourth-order valence-corrected chi connectivity index (χ4v) is 4.74. The number of fused-ring (bicyclic) bond motifs is 1. The van der Waals surface area contributed by atoms with E-state index in [1.165, 1.54) is 19.1 Å². The normalized spacial score (nSPS) is 19.8. The van der Waals surface area contributed by atoms with E-state index in [0.29, 0.717) is 36.0 Å². The van der Waals surface area contributed by atoms with E-state index in [2.05, 4.69) is 0 Å². The first-order chi connectivity index (χ1) is 17.3. The Morgan fingerprint density at radius 3 is 2.58 bits per heavy atom. The Morgan fingerprint density at radius 2 is 1.86 bits per heavy atom. The minimum Gasteiger partial charge on any atom is -0.497 e. The zero-order valence-corrected chi connectivity index (χ0v) is 21.1. The van der Waals surface area contributed by atoms with Gasteiger partial charge in [-0.2, -0.15) is 0 Å². The van der Waals surface area contributed by atoms with Crippen molar-refractivity contribution in [2.75, 3.05) is 47.6 Å². The Bertz CT molecular complexity index is 1150. The highest BCUT2D eigenvalue weighted by Crippen LogP contribution is 2.42. The standard InChI is InChI=1S/C27H32N2O7/c1-18(19-8-9-22-23(14-19)36-13-12-35-22)28(2)24(30)16-27(20-6-5-7-21(15-20)34-4)17-25(31)29(26(27)32)10-11-33-3/h5-9,14-15,18H,10-13,16-17H2,1-4H3. The quantitative estimate of drug-likeness (QED) is 0.493. The molecule has 0 bridgehead atoms. The molecule has 9 heteroatoms. The molecule has 4 rings (SSSR count). The minimum atomic E-state index is -1.32. The summed E-state index contributed by atoms with van der Waals surface area (Å²) in [4.78, 5) is 43.1. The summed E-state index contributed by atoms with van der Waals surface area (Å²) >= 11 is 0. The molecule has 36 heavy (non-hydrogen) atoms. The van der Waals surface area contributed by atoms with Crippen LogP contribution in [-0.4, -0.2) is 75.2 Å². The van der Waals surface area contributed by atoms with Crippen LogP contribution in [0.15, 0.2) is 42.5 Å². The maximum atomic E-state index is 13.7. The van der Waals surface area contributed by atoms with Crippen LogP contribution in [0, 0.1) is 0 Å². The maximum Gasteiger partial charge on any atom is 0.240 e. The number of imide groups is 1. The molecule has 1 fully saturated rings. The number of ether oxygens (including phenoxy) is 4. The molecular formula is C27H32N2O7. The third kappa shape index (κ3) is 4.75. The van der Waals surface area contributed by atoms with E-state index in [4.69, 9.17) is 18.9 Å². The van der Waals surface area contributed by atoms with Crippen molar-refractivity contribution in [3.63, 3.8) is 0 Å². The van der Waals surface area contributed by atoms with Crippen LogP contribution in [0.2, 0.25) is 0 Å². The molecule has 2 heterocycles. The van der Waals surface area contributed by atoms with E-state index >= 15 is 0 Å². The topological polar surface area (TPSA) is 94.6 Å². The lowest BCUT2D eigenvalue weighted by atomic mass is 9.75. The van der Waals surface area contributed by atoms with Crippen molar-refractivity contribution < 1.29 is 33.3 Å². The fourth-order valence-electron chi connectivity index (χ4n) is 4.74. The third-order valence-corrected chi connectivity index (χ3v) is 7.03. The van der Waals surface area contributed by atoms with Gasteiger partial charge in [0.25, 0.3) is 0 Å². The predicted octanol–water partition coefficient (Wildman–Crippen LogP) is 2.72. The van der Waals surface area contributed by atoms with Gasteiger partial charge in [-0.25, -0.2) is 0 Å². The van der Waals surface area contributed by atoms with E-state index in [1.54, 1.807) is 36.2 Å². The summed E-state index contributed by atoms with van der Waals surface area (Å²) in [5.74, 6) is 0.892. The van der Waals surface area contributed by atoms with Crippen molar-refractivity contribution in [1.29, 1.82) is 0 Å². The number of methoxy groups -OCH3 is 2. The second-order valence-electron chi connectivity index (χ2n) is 9.09. The molecule has 0 saturated carbocycles. The molecule has 3 amide bonds. The van der Waals surface area contributed by atoms with Gasteiger partial charge in [0.05, 0.1) is 31.7 Å². The van der Waals surface area contributed by atoms with Gasteiger partial charge in [0, 0.05) is 27.0 Å². The number of amides is 3. The number of hydrogen-bond acceptors (Lipinski definition) is 7. The first kappa shape index (κ1) is 25.5. The smallest absolute Gasteiger partial charge is 0.240 e. The fraction of sp³-hybridized carbons (Fsp3) is 0.444. The molecule has 0 radical (unpaired) electrons. The summed E-state index contributed by atoms with van der Waals surface area (Å²) in [5, 5.41) is 0. The summed E-state index contributed by atoms with van der Waals surface area (Å²) < 4.78 is 21.7. The van der Waals surface area contributed by atoms with Crippen LogP contribution in [0.5, 0.6) is 17.2 Å². The van der Waals surface area contributed by atoms with Gasteiger partial charge in [0.1, 0.15) is 19.0 Å². The van der Waals surface area contributed by atoms with E-state index < -0.39 is 11.3 Å². The van der Waals surface area contributed by atoms with Crippen LogP contribution in [-0.2, 0) is 24.5 Å². The molecule has 0 N–H and O–H groups in total. The van der Waals surface area contributed by atoms with Gasteiger partial charge in [0.15, 0.2) is 11.5 Å². The lowest BCUT2D eigenvalue weighted by Gasteiger charge is -2.32. The number of nitrogens with zero attached hydrogens (tertiary/aromatic N) is 2. The largest absolute Gasteiger partial charge is 0.497 e. The average Bonchev–Trinajstić information content (AvgIpc) is 3.15. The lowest BCUT2D eigenvalue weighted by Crippen LogP contribution is -2.43. The van der Waals surface area contributed by atoms with E-state index in [-0.39, 0.29) is 43.8 Å². The molecule has 2 aromatic rings. The number of benzene rings is 2. The van der Waals surface area contributed by atoms with Crippen molar-refractivity contribution in [1.82, 2.24) is 9.80 Å². The van der Waals surface area contributed by atoms with Crippen molar-refractivity contribution in [2.24, 2.45) is 0 Å². The highest BCUT2D eigenvalue weighted by Gasteiger charge is 2.54. The Balaban J connectivity index is 1.62. The van der Waals surface area contributed by atoms with Gasteiger partial charge < -0.3 is 23.8 Å². The Hall–Kier alpha value is -3.59. The van der Waals surface area contributed by atoms with Crippen LogP contribution in [0.25, 0.3) is 0 Å². The Labute approximate surface area is 210 Å². The third-order valence-electron chi connectivity index (χ3n) is 7.03. The zero-order valence-electron chi connectivity index (χ0n) is 21.1. The van der Waals surface area contributed by atoms with Crippen molar-refractivity contribution in [3.8, 4) is 17.2 Å². The summed E-state index contributed by atoms with van der Waals surface area (Å²) in [7, 11) is 4.75. The maximum absolute atomic E-state index is 13.7. The van der Waals surface area contributed by atoms with Gasteiger partial charge >= 0.3 is 0 Å². The summed E-state index contributed by atoms with van der Waals surface area (Å²) in [5.41, 5.74) is 0.131. The SMILES string of the molecule is COCCN1C(=O)CC(CC(=O)N(C)C(C)c2ccc3c(c2)OCCO3)(c2cccc(OC)c2)C1=O. The highest BCUT2D eigenvalue weighted by atomic mass is 16.6. The molecule has 2 atom stereocenters. The predicted molar refractivity (Wildman–Crippen MR) is 131 cm³/mol. The Kier molecular flexibility index (Phi) is 7.49. The van der Waals surface area contributed by atoms with Crippen LogP contribution in [0.3, 0.4) is 0 Å². The van der Waals surface area contributed by atoms with Gasteiger partial charge in [-0.3, -0.25) is 19.3 Å². The molecule has 0 aliphatic carbocycles. The molecule has 0 aromatic heterocycles. The van der Waals surface area contributed by atoms with Crippen molar-refractivity contribution in [3.05, 3.63) is 53.6 Å². The molecule has 192 valence electrons. The van der Waals surface area contributed by atoms with Crippen molar-refractivity contribution >= 4 is 17.7 Å². The summed E-state index contributed by atoms with van der Waals surface area (Å²) in [6.07, 6.45) is -0.250. The monoisotopic (exact) mass is 496 g/mol. The zero-order chi connectivity index (χ0) is 25.9. The van der Waals surface area contributed by atoms with Crippen LogP contribution >= 0.6 is 0 Å². The molecule has 2 aliphatic rings. The molecule has 2 aliphatic heterocycles. The van der Waals surface area contributed by atoms with Gasteiger partial charge in [-0.1, -0.05) is 18.2 Å². The summed E-state index contributed by atoms with van der Waals surface area (Å²) in [6, 6.07) is 12.3. The number of likely N-dealkylation sites (tertiary alicyclic amines) is 1. The first-order valence-corrected chi connectivity index (χ1v) is 11.9. The number of carbonyl (C=O) groups is 3. The van der Waals surface area contributed by atoms with E-state index in [1.807, 2.05) is 25.1 Å². The van der Waals surface area contributed by atoms with Crippen molar-refractivity contribution in [2.45, 2.75) is 31.2 Å². The van der Waals surface area contributed by atoms with E-state index in [9.17, 15) is 14.4 Å². The average molecular weight is 497 g/mol. The van der Waals surface area contributed by atoms with Gasteiger partial charge in [-0.05, 0) is 42.3 Å². The Morgan fingerprint density at radius 1 is 1.11 bits per heavy atom. The molecule has 0 spiro atoms. The number of carbonyl (C=O) groups excluding carboxylic acids is 3. The number of hydrogen-bond donors (Lipinski definition) is 0. The number of rotatable bonds is 9. The molecular weight excluding hydrogens is 464 g/mol. The van der Waals surface area contributed by atoms with Gasteiger partial charge in [-0.15, -0.1) is 0 Å². The second-order valence-corrected chi connectivity index (χ2v) is 9.09.